The lowest BCUT2D eigenvalue weighted by atomic mass is 9.88. The zero-order valence-corrected chi connectivity index (χ0v) is 23.5. The van der Waals surface area contributed by atoms with Crippen molar-refractivity contribution in [3.05, 3.63) is 94.9 Å². The van der Waals surface area contributed by atoms with Gasteiger partial charge in [-0.05, 0) is 67.3 Å². The quantitative estimate of drug-likeness (QED) is 0.261. The third kappa shape index (κ3) is 6.32. The Labute approximate surface area is 239 Å². The number of hydrogen-bond acceptors (Lipinski definition) is 5. The van der Waals surface area contributed by atoms with Gasteiger partial charge in [-0.25, -0.2) is 4.98 Å². The number of anilines is 1. The van der Waals surface area contributed by atoms with E-state index in [4.69, 9.17) is 5.26 Å². The second-order valence-corrected chi connectivity index (χ2v) is 11.2. The Hall–Kier alpha value is -4.22. The van der Waals surface area contributed by atoms with Crippen molar-refractivity contribution in [3.8, 4) is 16.5 Å². The van der Waals surface area contributed by atoms with Gasteiger partial charge in [-0.1, -0.05) is 43.5 Å². The van der Waals surface area contributed by atoms with Crippen molar-refractivity contribution in [2.45, 2.75) is 52.1 Å². The molecule has 0 bridgehead atoms. The average molecular weight is 552 g/mol. The van der Waals surface area contributed by atoms with E-state index in [0.29, 0.717) is 30.1 Å². The molecule has 1 aliphatic carbocycles. The van der Waals surface area contributed by atoms with Gasteiger partial charge in [0.2, 0.25) is 5.91 Å². The number of rotatable bonds is 9. The molecule has 7 nitrogen and oxygen atoms in total. The fourth-order valence-corrected chi connectivity index (χ4v) is 6.13. The second kappa shape index (κ2) is 12.8. The summed E-state index contributed by atoms with van der Waals surface area (Å²) in [5.74, 6) is 0.130. The van der Waals surface area contributed by atoms with Crippen LogP contribution in [0.5, 0.6) is 0 Å². The molecule has 0 aliphatic heterocycles. The van der Waals surface area contributed by atoms with Gasteiger partial charge in [-0.15, -0.1) is 11.3 Å². The second-order valence-electron chi connectivity index (χ2n) is 10.2. The van der Waals surface area contributed by atoms with E-state index in [2.05, 4.69) is 20.9 Å². The molecule has 1 N–H and O–H groups in total. The minimum Gasteiger partial charge on any atom is -0.352 e. The molecule has 0 atom stereocenters. The predicted octanol–water partition coefficient (Wildman–Crippen LogP) is 6.39. The highest BCUT2D eigenvalue weighted by Gasteiger charge is 2.28. The molecule has 0 radical (unpaired) electrons. The topological polar surface area (TPSA) is 91.0 Å². The molecule has 2 amide bonds. The van der Waals surface area contributed by atoms with Gasteiger partial charge < -0.3 is 14.8 Å². The Morgan fingerprint density at radius 1 is 1.05 bits per heavy atom. The Morgan fingerprint density at radius 3 is 2.50 bits per heavy atom. The fourth-order valence-electron chi connectivity index (χ4n) is 5.20. The van der Waals surface area contributed by atoms with Crippen LogP contribution in [0.3, 0.4) is 0 Å². The van der Waals surface area contributed by atoms with Crippen LogP contribution in [0.1, 0.15) is 65.5 Å². The molecule has 204 valence electrons. The van der Waals surface area contributed by atoms with Crippen molar-refractivity contribution in [3.63, 3.8) is 0 Å². The molecule has 0 unspecified atom stereocenters. The smallest absolute Gasteiger partial charge is 0.261 e. The predicted molar refractivity (Wildman–Crippen MR) is 158 cm³/mol. The Kier molecular flexibility index (Phi) is 8.72. The molecule has 8 heteroatoms. The molecule has 2 aromatic carbocycles. The lowest BCUT2D eigenvalue weighted by Crippen LogP contribution is -2.37. The van der Waals surface area contributed by atoms with Crippen LogP contribution in [0, 0.1) is 17.2 Å². The highest BCUT2D eigenvalue weighted by atomic mass is 32.1. The van der Waals surface area contributed by atoms with E-state index in [-0.39, 0.29) is 17.7 Å². The number of nitriles is 1. The summed E-state index contributed by atoms with van der Waals surface area (Å²) < 4.78 is 2.06. The van der Waals surface area contributed by atoms with Crippen molar-refractivity contribution < 1.29 is 9.59 Å². The summed E-state index contributed by atoms with van der Waals surface area (Å²) in [4.78, 5) is 34.1. The SMILES string of the molecule is CCNC(=O)c1ccc(-c2ccc(N(Cc3cncn3Cc3ccc(C#N)cc3)C(=O)C3CCCCC3)cc2)s1. The highest BCUT2D eigenvalue weighted by Crippen LogP contribution is 2.32. The Bertz CT molecular complexity index is 1490. The monoisotopic (exact) mass is 551 g/mol. The van der Waals surface area contributed by atoms with Crippen molar-refractivity contribution in [2.75, 3.05) is 11.4 Å². The summed E-state index contributed by atoms with van der Waals surface area (Å²) in [6.07, 6.45) is 8.84. The van der Waals surface area contributed by atoms with E-state index in [1.165, 1.54) is 17.8 Å². The first-order chi connectivity index (χ1) is 19.6. The van der Waals surface area contributed by atoms with E-state index >= 15 is 0 Å². The molecule has 0 spiro atoms. The van der Waals surface area contributed by atoms with Crippen LogP contribution < -0.4 is 10.2 Å². The van der Waals surface area contributed by atoms with Gasteiger partial charge in [0, 0.05) is 35.8 Å². The zero-order valence-electron chi connectivity index (χ0n) is 22.7. The third-order valence-corrected chi connectivity index (χ3v) is 8.54. The fraction of sp³-hybridized carbons (Fsp3) is 0.312. The van der Waals surface area contributed by atoms with E-state index in [9.17, 15) is 9.59 Å². The first-order valence-corrected chi connectivity index (χ1v) is 14.6. The minimum atomic E-state index is -0.0581. The van der Waals surface area contributed by atoms with Crippen LogP contribution >= 0.6 is 11.3 Å². The first kappa shape index (κ1) is 27.4. The molecule has 2 aromatic heterocycles. The van der Waals surface area contributed by atoms with E-state index in [1.807, 2.05) is 78.7 Å². The molecule has 5 rings (SSSR count). The normalized spacial score (nSPS) is 13.5. The van der Waals surface area contributed by atoms with Gasteiger partial charge in [0.15, 0.2) is 0 Å². The summed E-state index contributed by atoms with van der Waals surface area (Å²) in [6.45, 7) is 3.53. The number of hydrogen-bond donors (Lipinski definition) is 1. The van der Waals surface area contributed by atoms with E-state index in [0.717, 1.165) is 53.1 Å². The number of thiophene rings is 1. The van der Waals surface area contributed by atoms with E-state index < -0.39 is 0 Å². The van der Waals surface area contributed by atoms with Gasteiger partial charge in [0.05, 0.1) is 35.1 Å². The maximum absolute atomic E-state index is 13.9. The van der Waals surface area contributed by atoms with Crippen LogP contribution in [0.15, 0.2) is 73.2 Å². The number of imidazole rings is 1. The maximum Gasteiger partial charge on any atom is 0.261 e. The number of nitrogens with one attached hydrogen (secondary N) is 1. The van der Waals surface area contributed by atoms with Crippen molar-refractivity contribution >= 4 is 28.8 Å². The molecule has 2 heterocycles. The maximum atomic E-state index is 13.9. The first-order valence-electron chi connectivity index (χ1n) is 13.8. The van der Waals surface area contributed by atoms with Crippen LogP contribution in [0.4, 0.5) is 5.69 Å². The molecule has 4 aromatic rings. The van der Waals surface area contributed by atoms with E-state index in [1.54, 1.807) is 6.33 Å². The summed E-state index contributed by atoms with van der Waals surface area (Å²) in [5, 5.41) is 11.9. The number of aromatic nitrogens is 2. The standard InChI is InChI=1S/C32H33N5O2S/c1-2-35-31(38)30-17-16-29(40-30)25-12-14-27(15-13-25)37(32(39)26-6-4-3-5-7-26)21-28-19-34-22-36(28)20-24-10-8-23(18-33)9-11-24/h8-17,19,22,26H,2-7,20-21H2,1H3,(H,35,38). The molecular weight excluding hydrogens is 518 g/mol. The molecule has 0 saturated heterocycles. The van der Waals surface area contributed by atoms with Gasteiger partial charge in [-0.3, -0.25) is 9.59 Å². The number of benzene rings is 2. The number of amides is 2. The highest BCUT2D eigenvalue weighted by molar-refractivity contribution is 7.17. The van der Waals surface area contributed by atoms with Gasteiger partial charge in [-0.2, -0.15) is 5.26 Å². The minimum absolute atomic E-state index is 0.0280. The van der Waals surface area contributed by atoms with Gasteiger partial charge >= 0.3 is 0 Å². The number of carbonyl (C=O) groups excluding carboxylic acids is 2. The zero-order chi connectivity index (χ0) is 27.9. The van der Waals surface area contributed by atoms with Crippen LogP contribution in [0.2, 0.25) is 0 Å². The van der Waals surface area contributed by atoms with Crippen molar-refractivity contribution in [1.29, 1.82) is 5.26 Å². The van der Waals surface area contributed by atoms with Gasteiger partial charge in [0.1, 0.15) is 0 Å². The number of carbonyl (C=O) groups is 2. The molecular formula is C32H33N5O2S. The number of nitrogens with zero attached hydrogens (tertiary/aromatic N) is 4. The summed E-state index contributed by atoms with van der Waals surface area (Å²) in [6, 6.07) is 21.6. The lowest BCUT2D eigenvalue weighted by molar-refractivity contribution is -0.123. The van der Waals surface area contributed by atoms with Crippen LogP contribution in [-0.4, -0.2) is 27.9 Å². The lowest BCUT2D eigenvalue weighted by Gasteiger charge is -2.30. The molecule has 1 aliphatic rings. The Balaban J connectivity index is 1.39. The third-order valence-electron chi connectivity index (χ3n) is 7.41. The van der Waals surface area contributed by atoms with Crippen LogP contribution in [-0.2, 0) is 17.9 Å². The molecule has 40 heavy (non-hydrogen) atoms. The molecule has 1 saturated carbocycles. The molecule has 1 fully saturated rings. The largest absolute Gasteiger partial charge is 0.352 e. The summed E-state index contributed by atoms with van der Waals surface area (Å²) >= 11 is 1.46. The van der Waals surface area contributed by atoms with Gasteiger partial charge in [0.25, 0.3) is 5.91 Å². The average Bonchev–Trinajstić information content (AvgIpc) is 3.67. The van der Waals surface area contributed by atoms with Crippen LogP contribution in [0.25, 0.3) is 10.4 Å². The van der Waals surface area contributed by atoms with Crippen molar-refractivity contribution in [1.82, 2.24) is 14.9 Å². The summed E-state index contributed by atoms with van der Waals surface area (Å²) in [7, 11) is 0. The Morgan fingerprint density at radius 2 is 1.80 bits per heavy atom. The van der Waals surface area contributed by atoms with Crippen molar-refractivity contribution in [2.24, 2.45) is 5.92 Å². The summed E-state index contributed by atoms with van der Waals surface area (Å²) in [5.41, 5.74) is 4.51.